The van der Waals surface area contributed by atoms with Crippen molar-refractivity contribution < 1.29 is 17.9 Å². The maximum Gasteiger partial charge on any atom is 0.243 e. The SMILES string of the molecule is O=C(Nc1ccc(N2CCOCC2)cc1)C1CCN(S(=O)(=O)c2ccc3c(c2)CCCC3)CC1. The molecule has 0 spiro atoms. The number of hydrogen-bond acceptors (Lipinski definition) is 5. The number of carbonyl (C=O) groups is 1. The van der Waals surface area contributed by atoms with E-state index in [1.807, 2.05) is 36.4 Å². The Morgan fingerprint density at radius 2 is 1.56 bits per heavy atom. The first kappa shape index (κ1) is 23.3. The largest absolute Gasteiger partial charge is 0.378 e. The molecule has 2 aliphatic heterocycles. The van der Waals surface area contributed by atoms with E-state index in [2.05, 4.69) is 10.2 Å². The highest BCUT2D eigenvalue weighted by molar-refractivity contribution is 7.89. The first-order chi connectivity index (χ1) is 16.5. The van der Waals surface area contributed by atoms with Crippen LogP contribution in [0.2, 0.25) is 0 Å². The highest BCUT2D eigenvalue weighted by Gasteiger charge is 2.32. The number of nitrogens with zero attached hydrogens (tertiary/aromatic N) is 2. The average Bonchev–Trinajstić information content (AvgIpc) is 2.89. The molecule has 0 aromatic heterocycles. The Morgan fingerprint density at radius 3 is 2.26 bits per heavy atom. The molecule has 0 radical (unpaired) electrons. The minimum Gasteiger partial charge on any atom is -0.378 e. The minimum absolute atomic E-state index is 0.0371. The number of sulfonamides is 1. The summed E-state index contributed by atoms with van der Waals surface area (Å²) >= 11 is 0. The standard InChI is InChI=1S/C26H33N3O4S/c30-26(27-23-6-8-24(9-7-23)28-15-17-33-18-16-28)21-11-13-29(14-12-21)34(31,32)25-10-5-20-3-1-2-4-22(20)19-25/h5-10,19,21H,1-4,11-18H2,(H,27,30). The first-order valence-electron chi connectivity index (χ1n) is 12.4. The molecule has 2 heterocycles. The van der Waals surface area contributed by atoms with E-state index in [1.54, 1.807) is 10.4 Å². The van der Waals surface area contributed by atoms with Crippen LogP contribution in [-0.4, -0.2) is 58.0 Å². The van der Waals surface area contributed by atoms with Crippen molar-refractivity contribution in [2.75, 3.05) is 49.6 Å². The van der Waals surface area contributed by atoms with Crippen LogP contribution in [0.3, 0.4) is 0 Å². The van der Waals surface area contributed by atoms with Crippen molar-refractivity contribution in [2.45, 2.75) is 43.4 Å². The molecule has 0 saturated carbocycles. The number of hydrogen-bond donors (Lipinski definition) is 1. The van der Waals surface area contributed by atoms with Gasteiger partial charge in [-0.1, -0.05) is 6.07 Å². The summed E-state index contributed by atoms with van der Waals surface area (Å²) in [6, 6.07) is 13.5. The summed E-state index contributed by atoms with van der Waals surface area (Å²) < 4.78 is 33.4. The van der Waals surface area contributed by atoms with Gasteiger partial charge < -0.3 is 15.0 Å². The monoisotopic (exact) mass is 483 g/mol. The molecule has 2 saturated heterocycles. The van der Waals surface area contributed by atoms with Crippen molar-refractivity contribution in [2.24, 2.45) is 5.92 Å². The van der Waals surface area contributed by atoms with Crippen LogP contribution < -0.4 is 10.2 Å². The molecule has 8 heteroatoms. The topological polar surface area (TPSA) is 79.0 Å². The highest BCUT2D eigenvalue weighted by atomic mass is 32.2. The Labute approximate surface area is 202 Å². The third-order valence-electron chi connectivity index (χ3n) is 7.29. The van der Waals surface area contributed by atoms with Gasteiger partial charge in [-0.3, -0.25) is 4.79 Å². The zero-order chi connectivity index (χ0) is 23.5. The lowest BCUT2D eigenvalue weighted by Crippen LogP contribution is -2.41. The molecule has 0 unspecified atom stereocenters. The van der Waals surface area contributed by atoms with Gasteiger partial charge in [-0.05, 0) is 86.1 Å². The summed E-state index contributed by atoms with van der Waals surface area (Å²) in [5.74, 6) is -0.223. The third kappa shape index (κ3) is 4.99. The van der Waals surface area contributed by atoms with Crippen LogP contribution in [0.15, 0.2) is 47.4 Å². The molecule has 5 rings (SSSR count). The number of ether oxygens (including phenoxy) is 1. The van der Waals surface area contributed by atoms with Crippen LogP contribution in [0.4, 0.5) is 11.4 Å². The lowest BCUT2D eigenvalue weighted by Gasteiger charge is -2.31. The fourth-order valence-electron chi connectivity index (χ4n) is 5.20. The van der Waals surface area contributed by atoms with Gasteiger partial charge in [-0.25, -0.2) is 8.42 Å². The van der Waals surface area contributed by atoms with Gasteiger partial charge in [0.15, 0.2) is 0 Å². The molecule has 7 nitrogen and oxygen atoms in total. The maximum absolute atomic E-state index is 13.2. The van der Waals surface area contributed by atoms with E-state index in [0.717, 1.165) is 56.9 Å². The van der Waals surface area contributed by atoms with E-state index >= 15 is 0 Å². The third-order valence-corrected chi connectivity index (χ3v) is 9.19. The van der Waals surface area contributed by atoms with Crippen molar-refractivity contribution in [1.29, 1.82) is 0 Å². The van der Waals surface area contributed by atoms with Crippen LogP contribution in [0.1, 0.15) is 36.8 Å². The number of anilines is 2. The van der Waals surface area contributed by atoms with Gasteiger partial charge in [-0.2, -0.15) is 4.31 Å². The maximum atomic E-state index is 13.2. The normalized spacial score (nSPS) is 20.1. The predicted molar refractivity (Wildman–Crippen MR) is 133 cm³/mol. The summed E-state index contributed by atoms with van der Waals surface area (Å²) in [5.41, 5.74) is 4.34. The van der Waals surface area contributed by atoms with Gasteiger partial charge in [0.1, 0.15) is 0 Å². The van der Waals surface area contributed by atoms with Crippen molar-refractivity contribution in [3.63, 3.8) is 0 Å². The molecular formula is C26H33N3O4S. The Balaban J connectivity index is 1.16. The summed E-state index contributed by atoms with van der Waals surface area (Å²) in [7, 11) is -3.53. The summed E-state index contributed by atoms with van der Waals surface area (Å²) in [6.45, 7) is 3.96. The first-order valence-corrected chi connectivity index (χ1v) is 13.8. The van der Waals surface area contributed by atoms with E-state index in [1.165, 1.54) is 17.5 Å². The van der Waals surface area contributed by atoms with Gasteiger partial charge in [0.25, 0.3) is 0 Å². The van der Waals surface area contributed by atoms with Crippen LogP contribution in [0.25, 0.3) is 0 Å². The zero-order valence-corrected chi connectivity index (χ0v) is 20.4. The molecule has 0 bridgehead atoms. The summed E-state index contributed by atoms with van der Waals surface area (Å²) in [6.07, 6.45) is 5.34. The van der Waals surface area contributed by atoms with Crippen molar-refractivity contribution in [3.8, 4) is 0 Å². The molecule has 34 heavy (non-hydrogen) atoms. The number of rotatable bonds is 5. The van der Waals surface area contributed by atoms with Gasteiger partial charge in [0.05, 0.1) is 18.1 Å². The van der Waals surface area contributed by atoms with E-state index in [-0.39, 0.29) is 11.8 Å². The van der Waals surface area contributed by atoms with Gasteiger partial charge in [0.2, 0.25) is 15.9 Å². The second-order valence-electron chi connectivity index (χ2n) is 9.45. The number of morpholine rings is 1. The smallest absolute Gasteiger partial charge is 0.243 e. The molecule has 3 aliphatic rings. The van der Waals surface area contributed by atoms with E-state index in [0.29, 0.717) is 30.8 Å². The van der Waals surface area contributed by atoms with E-state index < -0.39 is 10.0 Å². The molecule has 0 atom stereocenters. The van der Waals surface area contributed by atoms with Gasteiger partial charge in [0, 0.05) is 43.5 Å². The van der Waals surface area contributed by atoms with Crippen LogP contribution in [-0.2, 0) is 32.4 Å². The Hall–Kier alpha value is -2.42. The van der Waals surface area contributed by atoms with Crippen molar-refractivity contribution >= 4 is 27.3 Å². The zero-order valence-electron chi connectivity index (χ0n) is 19.5. The Morgan fingerprint density at radius 1 is 0.882 bits per heavy atom. The number of amides is 1. The number of carbonyl (C=O) groups excluding carboxylic acids is 1. The predicted octanol–water partition coefficient (Wildman–Crippen LogP) is 3.44. The second-order valence-corrected chi connectivity index (χ2v) is 11.4. The average molecular weight is 484 g/mol. The number of fused-ring (bicyclic) bond motifs is 1. The van der Waals surface area contributed by atoms with Crippen molar-refractivity contribution in [3.05, 3.63) is 53.6 Å². The number of piperidine rings is 1. The fourth-order valence-corrected chi connectivity index (χ4v) is 6.72. The van der Waals surface area contributed by atoms with E-state index in [4.69, 9.17) is 4.74 Å². The lowest BCUT2D eigenvalue weighted by molar-refractivity contribution is -0.120. The molecule has 2 aromatic rings. The van der Waals surface area contributed by atoms with Crippen molar-refractivity contribution in [1.82, 2.24) is 4.31 Å². The minimum atomic E-state index is -3.53. The molecule has 2 fully saturated rings. The number of nitrogens with one attached hydrogen (secondary N) is 1. The Bertz CT molecular complexity index is 1120. The fraction of sp³-hybridized carbons (Fsp3) is 0.500. The van der Waals surface area contributed by atoms with Crippen LogP contribution in [0.5, 0.6) is 0 Å². The molecule has 182 valence electrons. The van der Waals surface area contributed by atoms with Crippen LogP contribution >= 0.6 is 0 Å². The second kappa shape index (κ2) is 10.1. The molecular weight excluding hydrogens is 450 g/mol. The highest BCUT2D eigenvalue weighted by Crippen LogP contribution is 2.29. The molecule has 2 aromatic carbocycles. The quantitative estimate of drug-likeness (QED) is 0.705. The number of aryl methyl sites for hydroxylation is 2. The molecule has 1 N–H and O–H groups in total. The lowest BCUT2D eigenvalue weighted by atomic mass is 9.92. The Kier molecular flexibility index (Phi) is 6.90. The van der Waals surface area contributed by atoms with Crippen LogP contribution in [0, 0.1) is 5.92 Å². The van der Waals surface area contributed by atoms with Gasteiger partial charge in [-0.15, -0.1) is 0 Å². The summed E-state index contributed by atoms with van der Waals surface area (Å²) in [5, 5.41) is 3.01. The van der Waals surface area contributed by atoms with E-state index in [9.17, 15) is 13.2 Å². The number of benzene rings is 2. The van der Waals surface area contributed by atoms with Gasteiger partial charge >= 0.3 is 0 Å². The summed E-state index contributed by atoms with van der Waals surface area (Å²) in [4.78, 5) is 15.5. The molecule has 1 amide bonds. The molecule has 1 aliphatic carbocycles.